The van der Waals surface area contributed by atoms with Crippen molar-refractivity contribution >= 4 is 20.1 Å². The first kappa shape index (κ1) is 25.1. The van der Waals surface area contributed by atoms with Crippen molar-refractivity contribution in [2.45, 2.75) is 103 Å². The zero-order chi connectivity index (χ0) is 25.0. The van der Waals surface area contributed by atoms with Crippen LogP contribution < -0.4 is 0 Å². The Morgan fingerprint density at radius 1 is 1.14 bits per heavy atom. The van der Waals surface area contributed by atoms with Crippen LogP contribution in [0.4, 0.5) is 4.79 Å². The smallest absolute Gasteiger partial charge is 0.414 e. The van der Waals surface area contributed by atoms with Crippen LogP contribution in [0.3, 0.4) is 0 Å². The SMILES string of the molecule is C[C@H]1CCCC(C[C@@H]2C=C(O[Si](C)(C)C(C)(C)C)[C@@H]3C=C(N4CCOC4=O)[C@@H]4CCCC[C@H]4[C@H]23)=N1. The van der Waals surface area contributed by atoms with Crippen LogP contribution in [0, 0.1) is 29.6 Å². The number of nitrogens with zero attached hydrogens (tertiary/aromatic N) is 2. The van der Waals surface area contributed by atoms with Gasteiger partial charge in [-0.05, 0) is 87.4 Å². The van der Waals surface area contributed by atoms with Crippen molar-refractivity contribution in [1.82, 2.24) is 4.90 Å². The maximum atomic E-state index is 12.6. The molecule has 2 fully saturated rings. The molecule has 1 saturated carbocycles. The van der Waals surface area contributed by atoms with Crippen LogP contribution in [0.15, 0.2) is 28.6 Å². The van der Waals surface area contributed by atoms with E-state index in [0.717, 1.165) is 12.8 Å². The van der Waals surface area contributed by atoms with Crippen LogP contribution in [0.2, 0.25) is 18.1 Å². The number of hydrogen-bond donors (Lipinski definition) is 0. The standard InChI is InChI=1S/C29H46N2O3Si/c1-19-10-9-11-21(30-19)16-20-17-26(34-35(5,6)29(2,3)4)24-18-25(31-14-15-33-28(31)32)22-12-7-8-13-23(22)27(20)24/h17-20,22-24,27H,7-16H2,1-6H3/t19-,20+,22+,23+,24-,27-/m0/s1. The molecule has 2 aliphatic heterocycles. The molecule has 35 heavy (non-hydrogen) atoms. The van der Waals surface area contributed by atoms with E-state index in [1.807, 2.05) is 4.90 Å². The highest BCUT2D eigenvalue weighted by Crippen LogP contribution is 2.57. The van der Waals surface area contributed by atoms with E-state index in [2.05, 4.69) is 52.9 Å². The number of carbonyl (C=O) groups is 1. The summed E-state index contributed by atoms with van der Waals surface area (Å²) in [4.78, 5) is 19.7. The predicted octanol–water partition coefficient (Wildman–Crippen LogP) is 7.31. The minimum atomic E-state index is -1.98. The van der Waals surface area contributed by atoms with Crippen molar-refractivity contribution in [2.75, 3.05) is 13.2 Å². The van der Waals surface area contributed by atoms with Crippen molar-refractivity contribution in [3.8, 4) is 0 Å². The van der Waals surface area contributed by atoms with Gasteiger partial charge in [0.15, 0.2) is 0 Å². The lowest BCUT2D eigenvalue weighted by atomic mass is 9.61. The molecule has 0 aromatic rings. The van der Waals surface area contributed by atoms with Gasteiger partial charge in [0.1, 0.15) is 6.61 Å². The lowest BCUT2D eigenvalue weighted by Crippen LogP contribution is -2.44. The molecule has 1 amide bonds. The Morgan fingerprint density at radius 3 is 2.60 bits per heavy atom. The van der Waals surface area contributed by atoms with Crippen LogP contribution in [-0.2, 0) is 9.16 Å². The molecular formula is C29H46N2O3Si. The van der Waals surface area contributed by atoms with Gasteiger partial charge in [-0.2, -0.15) is 0 Å². The first-order chi connectivity index (χ1) is 16.5. The Morgan fingerprint density at radius 2 is 1.91 bits per heavy atom. The van der Waals surface area contributed by atoms with Gasteiger partial charge in [-0.15, -0.1) is 0 Å². The van der Waals surface area contributed by atoms with Crippen molar-refractivity contribution in [2.24, 2.45) is 34.6 Å². The zero-order valence-corrected chi connectivity index (χ0v) is 23.8. The van der Waals surface area contributed by atoms with Crippen molar-refractivity contribution < 1.29 is 14.0 Å². The summed E-state index contributed by atoms with van der Waals surface area (Å²) in [6, 6.07) is 0.462. The summed E-state index contributed by atoms with van der Waals surface area (Å²) in [5, 5.41) is 0.150. The Balaban J connectivity index is 1.53. The average Bonchev–Trinajstić information content (AvgIpc) is 3.35. The molecule has 0 aromatic heterocycles. The van der Waals surface area contributed by atoms with E-state index in [4.69, 9.17) is 14.2 Å². The molecule has 0 N–H and O–H groups in total. The second kappa shape index (κ2) is 9.39. The molecule has 2 heterocycles. The quantitative estimate of drug-likeness (QED) is 0.373. The van der Waals surface area contributed by atoms with Crippen LogP contribution in [-0.4, -0.2) is 44.2 Å². The van der Waals surface area contributed by atoms with Crippen molar-refractivity contribution in [3.05, 3.63) is 23.6 Å². The molecule has 194 valence electrons. The third-order valence-electron chi connectivity index (χ3n) is 9.87. The molecule has 0 aromatic carbocycles. The highest BCUT2D eigenvalue weighted by Gasteiger charge is 2.52. The van der Waals surface area contributed by atoms with Crippen LogP contribution in [0.1, 0.15) is 79.1 Å². The summed E-state index contributed by atoms with van der Waals surface area (Å²) in [6.45, 7) is 15.1. The summed E-state index contributed by atoms with van der Waals surface area (Å²) < 4.78 is 12.5. The molecular weight excluding hydrogens is 452 g/mol. The number of allylic oxidation sites excluding steroid dienone is 3. The Bertz CT molecular complexity index is 931. The van der Waals surface area contributed by atoms with E-state index in [9.17, 15) is 4.79 Å². The highest BCUT2D eigenvalue weighted by atomic mass is 28.4. The number of aliphatic imine (C=N–C) groups is 1. The van der Waals surface area contributed by atoms with E-state index in [-0.39, 0.29) is 17.0 Å². The molecule has 5 nitrogen and oxygen atoms in total. The number of amides is 1. The van der Waals surface area contributed by atoms with Gasteiger partial charge >= 0.3 is 6.09 Å². The van der Waals surface area contributed by atoms with Gasteiger partial charge in [0, 0.05) is 29.3 Å². The first-order valence-corrected chi connectivity index (χ1v) is 17.1. The van der Waals surface area contributed by atoms with Gasteiger partial charge in [0.25, 0.3) is 0 Å². The molecule has 0 spiro atoms. The number of rotatable bonds is 5. The second-order valence-corrected chi connectivity index (χ2v) is 18.0. The van der Waals surface area contributed by atoms with Crippen LogP contribution in [0.5, 0.6) is 0 Å². The molecule has 0 bridgehead atoms. The van der Waals surface area contributed by atoms with Crippen molar-refractivity contribution in [3.63, 3.8) is 0 Å². The molecule has 5 aliphatic rings. The largest absolute Gasteiger partial charge is 0.546 e. The van der Waals surface area contributed by atoms with Gasteiger partial charge in [-0.3, -0.25) is 9.89 Å². The van der Waals surface area contributed by atoms with Crippen LogP contribution >= 0.6 is 0 Å². The third-order valence-corrected chi connectivity index (χ3v) is 14.2. The topological polar surface area (TPSA) is 51.1 Å². The van der Waals surface area contributed by atoms with Gasteiger partial charge in [-0.1, -0.05) is 39.7 Å². The van der Waals surface area contributed by atoms with Gasteiger partial charge in [0.05, 0.1) is 12.3 Å². The second-order valence-electron chi connectivity index (χ2n) is 13.3. The lowest BCUT2D eigenvalue weighted by Gasteiger charge is -2.47. The average molecular weight is 499 g/mol. The van der Waals surface area contributed by atoms with Crippen molar-refractivity contribution in [1.29, 1.82) is 0 Å². The maximum absolute atomic E-state index is 12.6. The maximum Gasteiger partial charge on any atom is 0.414 e. The Hall–Kier alpha value is -1.56. The number of hydrogen-bond acceptors (Lipinski definition) is 4. The molecule has 0 unspecified atom stereocenters. The van der Waals surface area contributed by atoms with E-state index >= 15 is 0 Å². The number of cyclic esters (lactones) is 1. The zero-order valence-electron chi connectivity index (χ0n) is 22.8. The summed E-state index contributed by atoms with van der Waals surface area (Å²) in [6.07, 6.45) is 14.5. The fraction of sp³-hybridized carbons (Fsp3) is 0.793. The summed E-state index contributed by atoms with van der Waals surface area (Å²) in [5.41, 5.74) is 2.65. The minimum absolute atomic E-state index is 0.150. The molecule has 6 heteroatoms. The summed E-state index contributed by atoms with van der Waals surface area (Å²) >= 11 is 0. The molecule has 6 atom stereocenters. The highest BCUT2D eigenvalue weighted by molar-refractivity contribution is 6.74. The summed E-state index contributed by atoms with van der Waals surface area (Å²) in [5.74, 6) is 3.56. The minimum Gasteiger partial charge on any atom is -0.546 e. The fourth-order valence-corrected chi connectivity index (χ4v) is 8.19. The molecule has 5 rings (SSSR count). The summed E-state index contributed by atoms with van der Waals surface area (Å²) in [7, 11) is -1.98. The number of ether oxygens (including phenoxy) is 1. The van der Waals surface area contributed by atoms with E-state index < -0.39 is 8.32 Å². The van der Waals surface area contributed by atoms with Crippen LogP contribution in [0.25, 0.3) is 0 Å². The Kier molecular flexibility index (Phi) is 6.73. The Labute approximate surface area is 213 Å². The lowest BCUT2D eigenvalue weighted by molar-refractivity contribution is 0.0946. The monoisotopic (exact) mass is 498 g/mol. The van der Waals surface area contributed by atoms with E-state index in [0.29, 0.717) is 42.9 Å². The number of carbonyl (C=O) groups excluding carboxylic acids is 1. The van der Waals surface area contributed by atoms with Gasteiger partial charge in [0.2, 0.25) is 8.32 Å². The first-order valence-electron chi connectivity index (χ1n) is 14.2. The number of fused-ring (bicyclic) bond motifs is 3. The predicted molar refractivity (Wildman–Crippen MR) is 144 cm³/mol. The van der Waals surface area contributed by atoms with E-state index in [1.165, 1.54) is 55.7 Å². The molecule has 1 saturated heterocycles. The van der Waals surface area contributed by atoms with E-state index in [1.54, 1.807) is 0 Å². The normalized spacial score (nSPS) is 35.5. The van der Waals surface area contributed by atoms with Gasteiger partial charge in [-0.25, -0.2) is 4.79 Å². The molecule has 3 aliphatic carbocycles. The van der Waals surface area contributed by atoms with Gasteiger partial charge < -0.3 is 9.16 Å². The fourth-order valence-electron chi connectivity index (χ4n) is 7.09. The molecule has 0 radical (unpaired) electrons. The third kappa shape index (κ3) is 4.76.